The van der Waals surface area contributed by atoms with Crippen molar-refractivity contribution in [2.45, 2.75) is 12.3 Å². The smallest absolute Gasteiger partial charge is 0.195 e. The van der Waals surface area contributed by atoms with E-state index < -0.39 is 11.7 Å². The van der Waals surface area contributed by atoms with Crippen LogP contribution >= 0.6 is 0 Å². The Bertz CT molecular complexity index is 1340. The molecule has 0 radical (unpaired) electrons. The molecule has 4 rings (SSSR count). The van der Waals surface area contributed by atoms with Gasteiger partial charge in [-0.2, -0.15) is 0 Å². The molecule has 156 valence electrons. The SMILES string of the molecule is NCCc1c(C#CC(CO)c2ccccc2F)n(-n2ccnc2)c2ncccc2c1=O. The molecule has 3 aromatic heterocycles. The van der Waals surface area contributed by atoms with Gasteiger partial charge in [-0.3, -0.25) is 4.79 Å². The molecular formula is C23H20FN5O2. The Hall–Kier alpha value is -3.80. The number of aromatic nitrogens is 4. The second-order valence-corrected chi connectivity index (χ2v) is 6.85. The maximum absolute atomic E-state index is 14.3. The van der Waals surface area contributed by atoms with E-state index in [1.54, 1.807) is 64.6 Å². The molecule has 0 saturated heterocycles. The molecule has 0 fully saturated rings. The summed E-state index contributed by atoms with van der Waals surface area (Å²) >= 11 is 0. The summed E-state index contributed by atoms with van der Waals surface area (Å²) in [7, 11) is 0. The van der Waals surface area contributed by atoms with Crippen LogP contribution < -0.4 is 11.2 Å². The summed E-state index contributed by atoms with van der Waals surface area (Å²) in [6.07, 6.45) is 6.76. The molecule has 3 N–H and O–H groups in total. The molecule has 1 atom stereocenters. The van der Waals surface area contributed by atoms with Crippen molar-refractivity contribution in [3.05, 3.63) is 94.2 Å². The second-order valence-electron chi connectivity index (χ2n) is 6.85. The standard InChI is InChI=1S/C23H20FN5O2/c24-20-6-2-1-4-17(20)16(14-30)7-8-21-18(9-10-25)22(31)19-5-3-11-27-23(19)29(21)28-13-12-26-15-28/h1-6,11-13,15-16,30H,9-10,14,25H2. The Labute approximate surface area is 177 Å². The molecule has 1 unspecified atom stereocenters. The second kappa shape index (κ2) is 8.92. The molecule has 3 heterocycles. The first-order valence-corrected chi connectivity index (χ1v) is 9.73. The summed E-state index contributed by atoms with van der Waals surface area (Å²) in [5.41, 5.74) is 7.06. The number of fused-ring (bicyclic) bond motifs is 1. The quantitative estimate of drug-likeness (QED) is 0.482. The van der Waals surface area contributed by atoms with Gasteiger partial charge in [-0.05, 0) is 37.1 Å². The Balaban J connectivity index is 2.01. The van der Waals surface area contributed by atoms with Crippen LogP contribution in [0, 0.1) is 17.7 Å². The van der Waals surface area contributed by atoms with Crippen LogP contribution in [0.2, 0.25) is 0 Å². The van der Waals surface area contributed by atoms with Gasteiger partial charge in [0.15, 0.2) is 11.1 Å². The Morgan fingerprint density at radius 1 is 1.19 bits per heavy atom. The van der Waals surface area contributed by atoms with Crippen molar-refractivity contribution in [3.63, 3.8) is 0 Å². The van der Waals surface area contributed by atoms with Gasteiger partial charge in [-0.25, -0.2) is 23.7 Å². The average molecular weight is 417 g/mol. The highest BCUT2D eigenvalue weighted by molar-refractivity contribution is 5.77. The van der Waals surface area contributed by atoms with Crippen LogP contribution in [0.4, 0.5) is 4.39 Å². The number of rotatable bonds is 5. The number of aliphatic hydroxyl groups excluding tert-OH is 1. The molecular weight excluding hydrogens is 397 g/mol. The molecule has 0 aliphatic heterocycles. The fraction of sp³-hybridized carbons (Fsp3) is 0.174. The molecule has 0 aliphatic rings. The lowest BCUT2D eigenvalue weighted by molar-refractivity contribution is 0.284. The first kappa shape index (κ1) is 20.5. The summed E-state index contributed by atoms with van der Waals surface area (Å²) in [6, 6.07) is 9.55. The number of halogens is 1. The summed E-state index contributed by atoms with van der Waals surface area (Å²) in [6.45, 7) is -0.127. The zero-order valence-corrected chi connectivity index (χ0v) is 16.6. The van der Waals surface area contributed by atoms with Crippen molar-refractivity contribution in [1.82, 2.24) is 19.3 Å². The molecule has 1 aromatic carbocycles. The summed E-state index contributed by atoms with van der Waals surface area (Å²) in [4.78, 5) is 21.7. The average Bonchev–Trinajstić information content (AvgIpc) is 3.32. The van der Waals surface area contributed by atoms with Crippen molar-refractivity contribution in [2.75, 3.05) is 13.2 Å². The third-order valence-corrected chi connectivity index (χ3v) is 4.95. The largest absolute Gasteiger partial charge is 0.395 e. The van der Waals surface area contributed by atoms with Crippen molar-refractivity contribution in [2.24, 2.45) is 5.73 Å². The third-order valence-electron chi connectivity index (χ3n) is 4.95. The number of nitrogens with two attached hydrogens (primary N) is 1. The van der Waals surface area contributed by atoms with E-state index in [1.807, 2.05) is 0 Å². The predicted molar refractivity (Wildman–Crippen MR) is 115 cm³/mol. The van der Waals surface area contributed by atoms with E-state index in [9.17, 15) is 14.3 Å². The zero-order chi connectivity index (χ0) is 21.8. The van der Waals surface area contributed by atoms with Crippen LogP contribution in [0.5, 0.6) is 0 Å². The van der Waals surface area contributed by atoms with Gasteiger partial charge in [0.05, 0.1) is 17.9 Å². The van der Waals surface area contributed by atoms with E-state index in [4.69, 9.17) is 5.73 Å². The summed E-state index contributed by atoms with van der Waals surface area (Å²) in [5, 5.41) is 10.3. The van der Waals surface area contributed by atoms with Crippen molar-refractivity contribution in [1.29, 1.82) is 0 Å². The zero-order valence-electron chi connectivity index (χ0n) is 16.6. The molecule has 0 bridgehead atoms. The highest BCUT2D eigenvalue weighted by Crippen LogP contribution is 2.19. The summed E-state index contributed by atoms with van der Waals surface area (Å²) in [5.74, 6) is 4.72. The normalized spacial score (nSPS) is 11.8. The number of imidazole rings is 1. The summed E-state index contributed by atoms with van der Waals surface area (Å²) < 4.78 is 17.6. The minimum atomic E-state index is -0.766. The van der Waals surface area contributed by atoms with E-state index in [-0.39, 0.29) is 24.1 Å². The lowest BCUT2D eigenvalue weighted by Crippen LogP contribution is -2.25. The molecule has 0 amide bonds. The molecule has 4 aromatic rings. The molecule has 0 aliphatic carbocycles. The maximum atomic E-state index is 14.3. The predicted octanol–water partition coefficient (Wildman–Crippen LogP) is 1.67. The van der Waals surface area contributed by atoms with Gasteiger partial charge < -0.3 is 10.8 Å². The van der Waals surface area contributed by atoms with Crippen LogP contribution in [-0.4, -0.2) is 37.6 Å². The Morgan fingerprint density at radius 2 is 2.03 bits per heavy atom. The topological polar surface area (TPSA) is 99.0 Å². The number of benzene rings is 1. The maximum Gasteiger partial charge on any atom is 0.195 e. The Kier molecular flexibility index (Phi) is 5.89. The molecule has 7 nitrogen and oxygen atoms in total. The van der Waals surface area contributed by atoms with Crippen LogP contribution in [0.15, 0.2) is 66.1 Å². The minimum absolute atomic E-state index is 0.208. The van der Waals surface area contributed by atoms with Gasteiger partial charge >= 0.3 is 0 Å². The monoisotopic (exact) mass is 417 g/mol. The Morgan fingerprint density at radius 3 is 2.74 bits per heavy atom. The van der Waals surface area contributed by atoms with E-state index in [0.29, 0.717) is 28.7 Å². The first-order chi connectivity index (χ1) is 15.2. The van der Waals surface area contributed by atoms with Crippen LogP contribution in [-0.2, 0) is 6.42 Å². The van der Waals surface area contributed by atoms with E-state index >= 15 is 0 Å². The molecule has 31 heavy (non-hydrogen) atoms. The van der Waals surface area contributed by atoms with E-state index in [1.165, 1.54) is 6.07 Å². The number of pyridine rings is 2. The first-order valence-electron chi connectivity index (χ1n) is 9.73. The molecule has 0 saturated carbocycles. The van der Waals surface area contributed by atoms with Crippen molar-refractivity contribution in [3.8, 4) is 11.8 Å². The molecule has 0 spiro atoms. The van der Waals surface area contributed by atoms with E-state index in [0.717, 1.165) is 0 Å². The highest BCUT2D eigenvalue weighted by Gasteiger charge is 2.18. The number of nitrogens with zero attached hydrogens (tertiary/aromatic N) is 4. The van der Waals surface area contributed by atoms with Gasteiger partial charge in [0.25, 0.3) is 0 Å². The van der Waals surface area contributed by atoms with Gasteiger partial charge in [0, 0.05) is 29.7 Å². The number of hydrogen-bond acceptors (Lipinski definition) is 5. The van der Waals surface area contributed by atoms with Crippen LogP contribution in [0.1, 0.15) is 22.7 Å². The lowest BCUT2D eigenvalue weighted by Gasteiger charge is -2.17. The number of hydrogen-bond donors (Lipinski definition) is 2. The highest BCUT2D eigenvalue weighted by atomic mass is 19.1. The lowest BCUT2D eigenvalue weighted by atomic mass is 9.99. The van der Waals surface area contributed by atoms with Crippen LogP contribution in [0.25, 0.3) is 11.0 Å². The van der Waals surface area contributed by atoms with Crippen LogP contribution in [0.3, 0.4) is 0 Å². The fourth-order valence-electron chi connectivity index (χ4n) is 3.48. The number of aliphatic hydroxyl groups is 1. The fourth-order valence-corrected chi connectivity index (χ4v) is 3.48. The molecule has 8 heteroatoms. The van der Waals surface area contributed by atoms with Gasteiger partial charge in [-0.1, -0.05) is 24.1 Å². The third kappa shape index (κ3) is 3.84. The minimum Gasteiger partial charge on any atom is -0.395 e. The van der Waals surface area contributed by atoms with Crippen molar-refractivity contribution < 1.29 is 9.50 Å². The van der Waals surface area contributed by atoms with Gasteiger partial charge in [0.1, 0.15) is 17.8 Å². The van der Waals surface area contributed by atoms with Gasteiger partial charge in [0.2, 0.25) is 0 Å². The van der Waals surface area contributed by atoms with Crippen molar-refractivity contribution >= 4 is 11.0 Å². The van der Waals surface area contributed by atoms with Gasteiger partial charge in [-0.15, -0.1) is 0 Å². The van der Waals surface area contributed by atoms with E-state index in [2.05, 4.69) is 21.8 Å².